The largest absolute Gasteiger partial charge is 0.350 e. The van der Waals surface area contributed by atoms with Crippen LogP contribution in [0.25, 0.3) is 11.4 Å². The minimum absolute atomic E-state index is 0.0200. The van der Waals surface area contributed by atoms with Gasteiger partial charge in [-0.25, -0.2) is 4.98 Å². The lowest BCUT2D eigenvalue weighted by atomic mass is 10.2. The quantitative estimate of drug-likeness (QED) is 0.712. The fraction of sp³-hybridized carbons (Fsp3) is 0.133. The average molecular weight is 310 g/mol. The van der Waals surface area contributed by atoms with Crippen LogP contribution in [0.2, 0.25) is 0 Å². The van der Waals surface area contributed by atoms with Gasteiger partial charge in [-0.15, -0.1) is 10.2 Å². The van der Waals surface area contributed by atoms with Crippen LogP contribution in [0.5, 0.6) is 0 Å². The summed E-state index contributed by atoms with van der Waals surface area (Å²) < 4.78 is 1.72. The summed E-state index contributed by atoms with van der Waals surface area (Å²) in [5, 5.41) is 9.99. The van der Waals surface area contributed by atoms with E-state index in [9.17, 15) is 9.59 Å². The summed E-state index contributed by atoms with van der Waals surface area (Å²) >= 11 is 0. The van der Waals surface area contributed by atoms with Crippen LogP contribution >= 0.6 is 0 Å². The molecule has 0 saturated carbocycles. The molecule has 0 unspecified atom stereocenters. The van der Waals surface area contributed by atoms with E-state index in [0.717, 1.165) is 5.56 Å². The summed E-state index contributed by atoms with van der Waals surface area (Å²) in [5.41, 5.74) is 0.290. The van der Waals surface area contributed by atoms with Crippen molar-refractivity contribution in [1.82, 2.24) is 30.0 Å². The molecule has 1 aromatic carbocycles. The van der Waals surface area contributed by atoms with Crippen LogP contribution in [0.1, 0.15) is 10.4 Å². The number of H-pyrrole nitrogens is 1. The molecule has 8 nitrogen and oxygen atoms in total. The van der Waals surface area contributed by atoms with Crippen LogP contribution in [0.3, 0.4) is 0 Å². The van der Waals surface area contributed by atoms with Crippen LogP contribution in [-0.4, -0.2) is 37.2 Å². The molecule has 3 rings (SSSR count). The van der Waals surface area contributed by atoms with E-state index < -0.39 is 11.5 Å². The van der Waals surface area contributed by atoms with E-state index in [1.54, 1.807) is 17.2 Å². The number of rotatable bonds is 5. The molecule has 0 radical (unpaired) electrons. The van der Waals surface area contributed by atoms with E-state index in [1.165, 1.54) is 6.20 Å². The minimum atomic E-state index is -0.472. The standard InChI is InChI=1S/C15H14N6O2/c22-14(16-6-7-21-9-18-19-10-21)12-8-17-13(20-15(12)23)11-4-2-1-3-5-11/h1-5,8-10H,6-7H2,(H,16,22)(H,17,20,23). The van der Waals surface area contributed by atoms with Crippen molar-refractivity contribution in [2.24, 2.45) is 0 Å². The van der Waals surface area contributed by atoms with Gasteiger partial charge >= 0.3 is 0 Å². The van der Waals surface area contributed by atoms with Crippen LogP contribution in [-0.2, 0) is 6.54 Å². The van der Waals surface area contributed by atoms with Crippen molar-refractivity contribution in [2.75, 3.05) is 6.54 Å². The smallest absolute Gasteiger partial charge is 0.264 e. The number of carbonyl (C=O) groups is 1. The first-order valence-electron chi connectivity index (χ1n) is 6.99. The normalized spacial score (nSPS) is 10.4. The van der Waals surface area contributed by atoms with Gasteiger partial charge in [-0.3, -0.25) is 9.59 Å². The summed E-state index contributed by atoms with van der Waals surface area (Å²) in [6.07, 6.45) is 4.39. The molecule has 2 N–H and O–H groups in total. The third-order valence-electron chi connectivity index (χ3n) is 3.21. The summed E-state index contributed by atoms with van der Waals surface area (Å²) in [7, 11) is 0. The number of amides is 1. The summed E-state index contributed by atoms with van der Waals surface area (Å²) in [4.78, 5) is 30.9. The van der Waals surface area contributed by atoms with E-state index in [4.69, 9.17) is 0 Å². The van der Waals surface area contributed by atoms with Gasteiger partial charge < -0.3 is 14.9 Å². The van der Waals surface area contributed by atoms with Crippen molar-refractivity contribution in [3.63, 3.8) is 0 Å². The second kappa shape index (κ2) is 6.65. The van der Waals surface area contributed by atoms with Crippen molar-refractivity contribution in [3.05, 3.63) is 65.1 Å². The van der Waals surface area contributed by atoms with Gasteiger partial charge in [0.05, 0.1) is 0 Å². The van der Waals surface area contributed by atoms with E-state index in [1.807, 2.05) is 30.3 Å². The van der Waals surface area contributed by atoms with Crippen molar-refractivity contribution in [3.8, 4) is 11.4 Å². The summed E-state index contributed by atoms with van der Waals surface area (Å²) in [6.45, 7) is 0.878. The Bertz CT molecular complexity index is 842. The molecule has 0 fully saturated rings. The highest BCUT2D eigenvalue weighted by molar-refractivity contribution is 5.93. The van der Waals surface area contributed by atoms with E-state index in [0.29, 0.717) is 18.9 Å². The highest BCUT2D eigenvalue weighted by atomic mass is 16.2. The first kappa shape index (κ1) is 14.6. The van der Waals surface area contributed by atoms with Crippen LogP contribution in [0.4, 0.5) is 0 Å². The van der Waals surface area contributed by atoms with Gasteiger partial charge in [0.15, 0.2) is 0 Å². The fourth-order valence-electron chi connectivity index (χ4n) is 2.03. The highest BCUT2D eigenvalue weighted by Gasteiger charge is 2.12. The Kier molecular flexibility index (Phi) is 4.23. The predicted molar refractivity (Wildman–Crippen MR) is 82.6 cm³/mol. The SMILES string of the molecule is O=C(NCCn1cnnc1)c1cnc(-c2ccccc2)[nH]c1=O. The maximum Gasteiger partial charge on any atom is 0.264 e. The topological polar surface area (TPSA) is 106 Å². The molecule has 116 valence electrons. The molecule has 8 heteroatoms. The van der Waals surface area contributed by atoms with Crippen LogP contribution in [0, 0.1) is 0 Å². The zero-order valence-corrected chi connectivity index (χ0v) is 12.1. The Balaban J connectivity index is 1.68. The average Bonchev–Trinajstić information content (AvgIpc) is 3.09. The highest BCUT2D eigenvalue weighted by Crippen LogP contribution is 2.11. The van der Waals surface area contributed by atoms with Crippen molar-refractivity contribution in [1.29, 1.82) is 0 Å². The minimum Gasteiger partial charge on any atom is -0.350 e. The van der Waals surface area contributed by atoms with Crippen molar-refractivity contribution in [2.45, 2.75) is 6.54 Å². The summed E-state index contributed by atoms with van der Waals surface area (Å²) in [5.74, 6) is -0.0388. The van der Waals surface area contributed by atoms with Gasteiger partial charge in [0.2, 0.25) is 0 Å². The molecule has 0 atom stereocenters. The maximum atomic E-state index is 12.1. The van der Waals surface area contributed by atoms with Crippen molar-refractivity contribution >= 4 is 5.91 Å². The number of hydrogen-bond donors (Lipinski definition) is 2. The third kappa shape index (κ3) is 3.49. The van der Waals surface area contributed by atoms with E-state index in [2.05, 4.69) is 25.5 Å². The molecule has 0 aliphatic rings. The Morgan fingerprint density at radius 1 is 1.17 bits per heavy atom. The number of carbonyl (C=O) groups excluding carboxylic acids is 1. The Morgan fingerprint density at radius 2 is 1.91 bits per heavy atom. The van der Waals surface area contributed by atoms with Gasteiger partial charge in [0.1, 0.15) is 24.0 Å². The van der Waals surface area contributed by atoms with Crippen LogP contribution in [0.15, 0.2) is 54.0 Å². The van der Waals surface area contributed by atoms with Gasteiger partial charge in [-0.1, -0.05) is 30.3 Å². The lowest BCUT2D eigenvalue weighted by molar-refractivity contribution is 0.0950. The Labute approximate surface area is 131 Å². The van der Waals surface area contributed by atoms with E-state index >= 15 is 0 Å². The van der Waals surface area contributed by atoms with Gasteiger partial charge in [0, 0.05) is 24.8 Å². The second-order valence-electron chi connectivity index (χ2n) is 4.80. The number of aromatic amines is 1. The number of aromatic nitrogens is 5. The molecule has 0 spiro atoms. The maximum absolute atomic E-state index is 12.1. The Morgan fingerprint density at radius 3 is 2.61 bits per heavy atom. The molecule has 2 aromatic heterocycles. The molecule has 3 aromatic rings. The fourth-order valence-corrected chi connectivity index (χ4v) is 2.03. The molecule has 0 aliphatic carbocycles. The number of hydrogen-bond acceptors (Lipinski definition) is 5. The second-order valence-corrected chi connectivity index (χ2v) is 4.80. The molecule has 0 bridgehead atoms. The molecule has 2 heterocycles. The number of benzene rings is 1. The molecular formula is C15H14N6O2. The zero-order chi connectivity index (χ0) is 16.1. The molecule has 0 aliphatic heterocycles. The zero-order valence-electron chi connectivity index (χ0n) is 12.1. The predicted octanol–water partition coefficient (Wildman–Crippen LogP) is 0.458. The summed E-state index contributed by atoms with van der Waals surface area (Å²) in [6, 6.07) is 9.23. The van der Waals surface area contributed by atoms with Gasteiger partial charge in [0.25, 0.3) is 11.5 Å². The lowest BCUT2D eigenvalue weighted by Gasteiger charge is -2.06. The third-order valence-corrected chi connectivity index (χ3v) is 3.21. The van der Waals surface area contributed by atoms with Gasteiger partial charge in [-0.05, 0) is 0 Å². The Hall–Kier alpha value is -3.29. The lowest BCUT2D eigenvalue weighted by Crippen LogP contribution is -2.32. The van der Waals surface area contributed by atoms with E-state index in [-0.39, 0.29) is 5.56 Å². The molecule has 1 amide bonds. The van der Waals surface area contributed by atoms with Crippen LogP contribution < -0.4 is 10.9 Å². The first-order valence-corrected chi connectivity index (χ1v) is 6.99. The number of nitrogens with zero attached hydrogens (tertiary/aromatic N) is 4. The molecule has 23 heavy (non-hydrogen) atoms. The number of nitrogens with one attached hydrogen (secondary N) is 2. The van der Waals surface area contributed by atoms with Crippen molar-refractivity contribution < 1.29 is 4.79 Å². The van der Waals surface area contributed by atoms with Gasteiger partial charge in [-0.2, -0.15) is 0 Å². The molecular weight excluding hydrogens is 296 g/mol. The first-order chi connectivity index (χ1) is 11.2. The monoisotopic (exact) mass is 310 g/mol. The molecule has 0 saturated heterocycles.